The summed E-state index contributed by atoms with van der Waals surface area (Å²) in [6.45, 7) is -0.723. The van der Waals surface area contributed by atoms with Gasteiger partial charge in [0.05, 0.1) is 6.61 Å². The van der Waals surface area contributed by atoms with Gasteiger partial charge in [-0.1, -0.05) is 0 Å². The highest BCUT2D eigenvalue weighted by molar-refractivity contribution is 6.38. The van der Waals surface area contributed by atoms with Gasteiger partial charge in [-0.15, -0.1) is 0 Å². The average Bonchev–Trinajstić information content (AvgIpc) is 2.60. The zero-order chi connectivity index (χ0) is 11.8. The standard InChI is InChI=1S/C6H9BO9/c8-1-2-3(9)4(10)5(11)6(12,13-2)16-7(14-4)15-5/h2-3,8-12H,1H2/t2-,3-,4-,5+,6+/m1/s1. The minimum absolute atomic E-state index is 0.723. The summed E-state index contributed by atoms with van der Waals surface area (Å²) in [7, 11) is -1.56. The van der Waals surface area contributed by atoms with Crippen molar-refractivity contribution < 1.29 is 44.2 Å². The minimum atomic E-state index is -2.77. The molecule has 0 saturated carbocycles. The molecule has 3 saturated heterocycles. The third-order valence-electron chi connectivity index (χ3n) is 2.96. The van der Waals surface area contributed by atoms with Crippen molar-refractivity contribution in [1.82, 2.24) is 0 Å². The Labute approximate surface area is 88.9 Å². The van der Waals surface area contributed by atoms with Gasteiger partial charge in [0, 0.05) is 0 Å². The second-order valence-corrected chi connectivity index (χ2v) is 3.85. The molecule has 9 nitrogen and oxygen atoms in total. The van der Waals surface area contributed by atoms with Crippen LogP contribution in [0.3, 0.4) is 0 Å². The van der Waals surface area contributed by atoms with Gasteiger partial charge in [0.25, 0.3) is 5.79 Å². The molecule has 0 spiro atoms. The van der Waals surface area contributed by atoms with E-state index in [9.17, 15) is 20.4 Å². The van der Waals surface area contributed by atoms with Crippen molar-refractivity contribution in [3.63, 3.8) is 0 Å². The summed E-state index contributed by atoms with van der Waals surface area (Å²) in [6.07, 6.45) is -3.20. The van der Waals surface area contributed by atoms with Gasteiger partial charge >= 0.3 is 13.3 Å². The van der Waals surface area contributed by atoms with E-state index in [4.69, 9.17) is 14.5 Å². The fourth-order valence-electron chi connectivity index (χ4n) is 2.07. The number of rotatable bonds is 1. The van der Waals surface area contributed by atoms with Gasteiger partial charge in [-0.2, -0.15) is 0 Å². The topological polar surface area (TPSA) is 138 Å². The number of aliphatic hydroxyl groups excluding tert-OH is 2. The van der Waals surface area contributed by atoms with Crippen LogP contribution in [-0.2, 0) is 18.7 Å². The molecule has 10 heteroatoms. The average molecular weight is 236 g/mol. The first-order valence-electron chi connectivity index (χ1n) is 4.53. The highest BCUT2D eigenvalue weighted by Crippen LogP contribution is 2.55. The van der Waals surface area contributed by atoms with E-state index in [1.165, 1.54) is 0 Å². The first kappa shape index (κ1) is 10.8. The van der Waals surface area contributed by atoms with Crippen molar-refractivity contribution in [2.24, 2.45) is 0 Å². The van der Waals surface area contributed by atoms with Crippen LogP contribution in [0.25, 0.3) is 0 Å². The lowest BCUT2D eigenvalue weighted by Gasteiger charge is -2.52. The van der Waals surface area contributed by atoms with Crippen LogP contribution >= 0.6 is 0 Å². The molecule has 0 aromatic rings. The Morgan fingerprint density at radius 2 is 1.81 bits per heavy atom. The molecule has 3 aliphatic heterocycles. The molecule has 0 radical (unpaired) electrons. The zero-order valence-corrected chi connectivity index (χ0v) is 7.81. The maximum absolute atomic E-state index is 9.93. The highest BCUT2D eigenvalue weighted by Gasteiger charge is 2.86. The van der Waals surface area contributed by atoms with Crippen molar-refractivity contribution in [2.75, 3.05) is 6.61 Å². The predicted octanol–water partition coefficient (Wildman–Crippen LogP) is -4.18. The molecule has 0 aromatic carbocycles. The Morgan fingerprint density at radius 3 is 2.38 bits per heavy atom. The number of ether oxygens (including phenoxy) is 1. The van der Waals surface area contributed by atoms with E-state index in [-0.39, 0.29) is 0 Å². The molecule has 0 unspecified atom stereocenters. The predicted molar refractivity (Wildman–Crippen MR) is 41.8 cm³/mol. The van der Waals surface area contributed by atoms with Gasteiger partial charge in [-0.25, -0.2) is 0 Å². The molecule has 3 heterocycles. The fourth-order valence-corrected chi connectivity index (χ4v) is 2.07. The Hall–Kier alpha value is -0.295. The zero-order valence-electron chi connectivity index (χ0n) is 7.81. The summed E-state index contributed by atoms with van der Waals surface area (Å²) in [5.41, 5.74) is 0. The van der Waals surface area contributed by atoms with Crippen molar-refractivity contribution in [3.05, 3.63) is 0 Å². The van der Waals surface area contributed by atoms with E-state index < -0.39 is 43.7 Å². The maximum Gasteiger partial charge on any atom is 0.648 e. The van der Waals surface area contributed by atoms with E-state index >= 15 is 0 Å². The van der Waals surface area contributed by atoms with E-state index in [0.717, 1.165) is 0 Å². The summed E-state index contributed by atoms with van der Waals surface area (Å²) in [5, 5.41) is 48.1. The second kappa shape index (κ2) is 2.75. The largest absolute Gasteiger partial charge is 0.648 e. The summed E-state index contributed by atoms with van der Waals surface area (Å²) in [4.78, 5) is 0. The SMILES string of the molecule is OC[C@H]1O[C@]2(O)OB3O[C@@]2(O)[C@](O)(O3)[C@@H]1O. The van der Waals surface area contributed by atoms with Gasteiger partial charge in [-0.05, 0) is 0 Å². The summed E-state index contributed by atoms with van der Waals surface area (Å²) in [5.74, 6) is -8.09. The van der Waals surface area contributed by atoms with Gasteiger partial charge in [0.2, 0.25) is 5.79 Å². The lowest BCUT2D eigenvalue weighted by atomic mass is 9.89. The summed E-state index contributed by atoms with van der Waals surface area (Å²) < 4.78 is 18.7. The number of aliphatic hydroxyl groups is 5. The van der Waals surface area contributed by atoms with E-state index in [1.807, 2.05) is 0 Å². The molecule has 3 rings (SSSR count). The molecule has 5 atom stereocenters. The van der Waals surface area contributed by atoms with Crippen LogP contribution in [0, 0.1) is 0 Å². The molecular weight excluding hydrogens is 227 g/mol. The Morgan fingerprint density at radius 1 is 1.12 bits per heavy atom. The van der Waals surface area contributed by atoms with Crippen molar-refractivity contribution in [1.29, 1.82) is 0 Å². The van der Waals surface area contributed by atoms with Crippen LogP contribution in [0.2, 0.25) is 0 Å². The van der Waals surface area contributed by atoms with Crippen LogP contribution < -0.4 is 0 Å². The van der Waals surface area contributed by atoms with Crippen molar-refractivity contribution >= 4 is 7.32 Å². The normalized spacial score (nSPS) is 59.4. The third kappa shape index (κ3) is 0.895. The molecule has 3 aliphatic rings. The molecule has 2 bridgehead atoms. The lowest BCUT2D eigenvalue weighted by Crippen LogP contribution is -2.79. The molecule has 0 aliphatic carbocycles. The van der Waals surface area contributed by atoms with E-state index in [1.54, 1.807) is 0 Å². The monoisotopic (exact) mass is 236 g/mol. The number of fused-ring (bicyclic) bond motifs is 1. The minimum Gasteiger partial charge on any atom is -0.394 e. The second-order valence-electron chi connectivity index (χ2n) is 3.85. The Kier molecular flexibility index (Phi) is 1.86. The Bertz CT molecular complexity index is 340. The lowest BCUT2D eigenvalue weighted by molar-refractivity contribution is -0.528. The first-order valence-corrected chi connectivity index (χ1v) is 4.53. The molecule has 90 valence electrons. The molecule has 3 fully saturated rings. The molecule has 5 N–H and O–H groups in total. The van der Waals surface area contributed by atoms with Gasteiger partial charge < -0.3 is 44.2 Å². The molecule has 16 heavy (non-hydrogen) atoms. The third-order valence-corrected chi connectivity index (χ3v) is 2.96. The van der Waals surface area contributed by atoms with Gasteiger partial charge in [-0.3, -0.25) is 0 Å². The van der Waals surface area contributed by atoms with E-state index in [0.29, 0.717) is 0 Å². The number of hydrogen-bond acceptors (Lipinski definition) is 9. The molecular formula is C6H9BO9. The van der Waals surface area contributed by atoms with Crippen LogP contribution in [0.4, 0.5) is 0 Å². The van der Waals surface area contributed by atoms with E-state index in [2.05, 4.69) is 9.31 Å². The number of hydrogen-bond donors (Lipinski definition) is 5. The van der Waals surface area contributed by atoms with Crippen LogP contribution in [0.15, 0.2) is 0 Å². The first-order chi connectivity index (χ1) is 7.36. The quantitative estimate of drug-likeness (QED) is 0.287. The van der Waals surface area contributed by atoms with Crippen molar-refractivity contribution in [2.45, 2.75) is 29.8 Å². The van der Waals surface area contributed by atoms with Crippen LogP contribution in [0.1, 0.15) is 0 Å². The highest BCUT2D eigenvalue weighted by atomic mass is 17.0. The summed E-state index contributed by atoms with van der Waals surface area (Å²) >= 11 is 0. The fraction of sp³-hybridized carbons (Fsp3) is 1.00. The molecule has 0 amide bonds. The summed E-state index contributed by atoms with van der Waals surface area (Å²) in [6, 6.07) is 0. The van der Waals surface area contributed by atoms with Crippen LogP contribution in [-0.4, -0.2) is 69.2 Å². The Balaban J connectivity index is 2.08. The van der Waals surface area contributed by atoms with Crippen LogP contribution in [0.5, 0.6) is 0 Å². The smallest absolute Gasteiger partial charge is 0.394 e. The van der Waals surface area contributed by atoms with Crippen molar-refractivity contribution in [3.8, 4) is 0 Å². The van der Waals surface area contributed by atoms with Gasteiger partial charge in [0.15, 0.2) is 0 Å². The maximum atomic E-state index is 9.93. The molecule has 0 aromatic heterocycles. The van der Waals surface area contributed by atoms with Gasteiger partial charge in [0.1, 0.15) is 12.2 Å².